The number of aryl methyl sites for hydroxylation is 1. The van der Waals surface area contributed by atoms with Crippen molar-refractivity contribution in [3.8, 4) is 16.3 Å². The van der Waals surface area contributed by atoms with Gasteiger partial charge in [0.05, 0.1) is 11.6 Å². The van der Waals surface area contributed by atoms with Gasteiger partial charge in [-0.05, 0) is 61.6 Å². The number of carboxylic acid groups (broad SMARTS) is 1. The van der Waals surface area contributed by atoms with Gasteiger partial charge in [0.15, 0.2) is 0 Å². The van der Waals surface area contributed by atoms with Crippen molar-refractivity contribution in [2.45, 2.75) is 45.1 Å². The highest BCUT2D eigenvalue weighted by molar-refractivity contribution is 7.13. The van der Waals surface area contributed by atoms with Crippen LogP contribution in [0.25, 0.3) is 10.6 Å². The third-order valence-electron chi connectivity index (χ3n) is 5.42. The Morgan fingerprint density at radius 2 is 2.03 bits per heavy atom. The fraction of sp³-hybridized carbons (Fsp3) is 0.333. The Morgan fingerprint density at radius 1 is 1.27 bits per heavy atom. The molecule has 1 unspecified atom stereocenters. The van der Waals surface area contributed by atoms with Crippen molar-refractivity contribution < 1.29 is 19.0 Å². The first-order valence-corrected chi connectivity index (χ1v) is 11.1. The summed E-state index contributed by atoms with van der Waals surface area (Å²) in [6.45, 7) is 1.97. The van der Waals surface area contributed by atoms with E-state index in [-0.39, 0.29) is 18.3 Å². The quantitative estimate of drug-likeness (QED) is 0.453. The number of thiazole rings is 1. The molecule has 1 atom stereocenters. The van der Waals surface area contributed by atoms with Crippen LogP contribution in [-0.4, -0.2) is 16.1 Å². The molecule has 1 heterocycles. The lowest BCUT2D eigenvalue weighted by molar-refractivity contribution is -0.141. The highest BCUT2D eigenvalue weighted by Gasteiger charge is 2.26. The largest absolute Gasteiger partial charge is 0.489 e. The number of rotatable bonds is 9. The van der Waals surface area contributed by atoms with E-state index in [2.05, 4.69) is 5.38 Å². The van der Waals surface area contributed by atoms with Gasteiger partial charge >= 0.3 is 5.97 Å². The predicted octanol–water partition coefficient (Wildman–Crippen LogP) is 6.06. The summed E-state index contributed by atoms with van der Waals surface area (Å²) >= 11 is 1.59. The number of carbonyl (C=O) groups is 1. The Bertz CT molecular complexity index is 1030. The molecule has 3 aromatic rings. The first-order chi connectivity index (χ1) is 14.5. The number of nitrogens with zero attached hydrogens (tertiary/aromatic N) is 1. The van der Waals surface area contributed by atoms with Crippen molar-refractivity contribution in [3.05, 3.63) is 70.5 Å². The van der Waals surface area contributed by atoms with Crippen LogP contribution in [-0.2, 0) is 17.8 Å². The van der Waals surface area contributed by atoms with E-state index in [1.165, 1.54) is 25.0 Å². The SMILES string of the molecule is CC(CCc1ccc(OCc2cc(F)ccc2-c2nc(C3CC3)cs2)cc1)C(=O)O. The molecule has 0 bridgehead atoms. The fourth-order valence-electron chi connectivity index (χ4n) is 3.29. The zero-order chi connectivity index (χ0) is 21.1. The molecule has 1 saturated carbocycles. The topological polar surface area (TPSA) is 59.4 Å². The maximum absolute atomic E-state index is 13.9. The van der Waals surface area contributed by atoms with Crippen LogP contribution in [0.1, 0.15) is 48.9 Å². The second-order valence-corrected chi connectivity index (χ2v) is 8.72. The molecule has 4 nitrogen and oxygen atoms in total. The van der Waals surface area contributed by atoms with Crippen LogP contribution in [0, 0.1) is 11.7 Å². The van der Waals surface area contributed by atoms with Gasteiger partial charge in [0.1, 0.15) is 23.2 Å². The van der Waals surface area contributed by atoms with Gasteiger partial charge in [0.25, 0.3) is 0 Å². The van der Waals surface area contributed by atoms with E-state index < -0.39 is 5.97 Å². The van der Waals surface area contributed by atoms with Crippen molar-refractivity contribution >= 4 is 17.3 Å². The van der Waals surface area contributed by atoms with Gasteiger partial charge in [-0.15, -0.1) is 11.3 Å². The van der Waals surface area contributed by atoms with Crippen LogP contribution in [0.15, 0.2) is 47.8 Å². The molecule has 1 aliphatic carbocycles. The zero-order valence-corrected chi connectivity index (χ0v) is 17.6. The van der Waals surface area contributed by atoms with E-state index in [0.717, 1.165) is 27.4 Å². The van der Waals surface area contributed by atoms with Crippen molar-refractivity contribution in [1.82, 2.24) is 4.98 Å². The summed E-state index contributed by atoms with van der Waals surface area (Å²) in [5.41, 5.74) is 3.88. The van der Waals surface area contributed by atoms with E-state index in [9.17, 15) is 9.18 Å². The van der Waals surface area contributed by atoms with E-state index in [0.29, 0.717) is 24.5 Å². The summed E-state index contributed by atoms with van der Waals surface area (Å²) in [4.78, 5) is 15.7. The second-order valence-electron chi connectivity index (χ2n) is 7.86. The van der Waals surface area contributed by atoms with Gasteiger partial charge in [-0.1, -0.05) is 19.1 Å². The van der Waals surface area contributed by atoms with E-state index >= 15 is 0 Å². The lowest BCUT2D eigenvalue weighted by atomic mass is 10.0. The third kappa shape index (κ3) is 5.05. The molecular weight excluding hydrogens is 401 g/mol. The first kappa shape index (κ1) is 20.5. The molecule has 0 radical (unpaired) electrons. The summed E-state index contributed by atoms with van der Waals surface area (Å²) in [5.74, 6) is -0.145. The van der Waals surface area contributed by atoms with Crippen molar-refractivity contribution in [2.24, 2.45) is 5.92 Å². The van der Waals surface area contributed by atoms with Crippen molar-refractivity contribution in [1.29, 1.82) is 0 Å². The summed E-state index contributed by atoms with van der Waals surface area (Å²) < 4.78 is 19.8. The minimum absolute atomic E-state index is 0.251. The summed E-state index contributed by atoms with van der Waals surface area (Å²) in [6.07, 6.45) is 3.70. The average Bonchev–Trinajstić information content (AvgIpc) is 3.48. The van der Waals surface area contributed by atoms with Crippen molar-refractivity contribution in [2.75, 3.05) is 0 Å². The van der Waals surface area contributed by atoms with Gasteiger partial charge in [0.2, 0.25) is 0 Å². The zero-order valence-electron chi connectivity index (χ0n) is 16.8. The van der Waals surface area contributed by atoms with Gasteiger partial charge in [0, 0.05) is 22.4 Å². The molecule has 2 aromatic carbocycles. The Balaban J connectivity index is 1.42. The van der Waals surface area contributed by atoms with Gasteiger partial charge in [-0.25, -0.2) is 9.37 Å². The molecule has 1 aromatic heterocycles. The van der Waals surface area contributed by atoms with Crippen LogP contribution >= 0.6 is 11.3 Å². The van der Waals surface area contributed by atoms with E-state index in [4.69, 9.17) is 14.8 Å². The van der Waals surface area contributed by atoms with Crippen LogP contribution in [0.3, 0.4) is 0 Å². The molecule has 1 N–H and O–H groups in total. The number of benzene rings is 2. The minimum atomic E-state index is -0.773. The van der Waals surface area contributed by atoms with Crippen LogP contribution in [0.4, 0.5) is 4.39 Å². The Labute approximate surface area is 179 Å². The number of carboxylic acids is 1. The minimum Gasteiger partial charge on any atom is -0.489 e. The molecule has 0 spiro atoms. The predicted molar refractivity (Wildman–Crippen MR) is 115 cm³/mol. The number of ether oxygens (including phenoxy) is 1. The Morgan fingerprint density at radius 3 is 2.73 bits per heavy atom. The summed E-state index contributed by atoms with van der Waals surface area (Å²) in [7, 11) is 0. The van der Waals surface area contributed by atoms with Crippen LogP contribution in [0.5, 0.6) is 5.75 Å². The smallest absolute Gasteiger partial charge is 0.306 e. The van der Waals surface area contributed by atoms with Gasteiger partial charge in [-0.3, -0.25) is 4.79 Å². The number of hydrogen-bond acceptors (Lipinski definition) is 4. The van der Waals surface area contributed by atoms with Crippen molar-refractivity contribution in [3.63, 3.8) is 0 Å². The number of aliphatic carboxylic acids is 1. The molecule has 4 rings (SSSR count). The van der Waals surface area contributed by atoms with Crippen LogP contribution in [0.2, 0.25) is 0 Å². The maximum atomic E-state index is 13.9. The van der Waals surface area contributed by atoms with E-state index in [1.807, 2.05) is 24.3 Å². The number of halogens is 1. The standard InChI is InChI=1S/C24H24FNO3S/c1-15(24(27)28)2-3-16-4-9-20(10-5-16)29-13-18-12-19(25)8-11-21(18)23-26-22(14-30-23)17-6-7-17/h4-5,8-12,14-15,17H,2-3,6-7,13H2,1H3,(H,27,28). The monoisotopic (exact) mass is 425 g/mol. The first-order valence-electron chi connectivity index (χ1n) is 10.2. The fourth-order valence-corrected chi connectivity index (χ4v) is 4.25. The highest BCUT2D eigenvalue weighted by Crippen LogP contribution is 2.42. The normalized spacial score (nSPS) is 14.5. The highest BCUT2D eigenvalue weighted by atomic mass is 32.1. The average molecular weight is 426 g/mol. The lowest BCUT2D eigenvalue weighted by Gasteiger charge is -2.11. The number of aromatic nitrogens is 1. The Hall–Kier alpha value is -2.73. The molecule has 30 heavy (non-hydrogen) atoms. The molecule has 1 fully saturated rings. The molecule has 0 aliphatic heterocycles. The number of hydrogen-bond donors (Lipinski definition) is 1. The molecule has 0 amide bonds. The summed E-state index contributed by atoms with van der Waals surface area (Å²) in [6, 6.07) is 12.4. The molecule has 0 saturated heterocycles. The Kier molecular flexibility index (Phi) is 6.13. The van der Waals surface area contributed by atoms with Gasteiger partial charge in [-0.2, -0.15) is 0 Å². The molecular formula is C24H24FNO3S. The van der Waals surface area contributed by atoms with E-state index in [1.54, 1.807) is 24.3 Å². The van der Waals surface area contributed by atoms with Crippen LogP contribution < -0.4 is 4.74 Å². The molecule has 1 aliphatic rings. The van der Waals surface area contributed by atoms with Gasteiger partial charge < -0.3 is 9.84 Å². The second kappa shape index (κ2) is 8.96. The third-order valence-corrected chi connectivity index (χ3v) is 6.31. The maximum Gasteiger partial charge on any atom is 0.306 e. The summed E-state index contributed by atoms with van der Waals surface area (Å²) in [5, 5.41) is 12.0. The molecule has 156 valence electrons. The lowest BCUT2D eigenvalue weighted by Crippen LogP contribution is -2.10. The molecule has 6 heteroatoms.